The third kappa shape index (κ3) is 3.19. The van der Waals surface area contributed by atoms with E-state index in [1.54, 1.807) is 12.1 Å². The Morgan fingerprint density at radius 3 is 2.53 bits per heavy atom. The maximum Gasteiger partial charge on any atom is 0.165 e. The van der Waals surface area contributed by atoms with Gasteiger partial charge in [0.15, 0.2) is 11.6 Å². The second-order valence-electron chi connectivity index (χ2n) is 4.62. The Hall–Kier alpha value is -1.09. The van der Waals surface area contributed by atoms with Crippen LogP contribution < -0.4 is 4.74 Å². The summed E-state index contributed by atoms with van der Waals surface area (Å²) in [6.45, 7) is -0.181. The summed E-state index contributed by atoms with van der Waals surface area (Å²) in [5, 5.41) is 9.18. The molecule has 0 atom stereocenters. The highest BCUT2D eigenvalue weighted by Crippen LogP contribution is 2.28. The summed E-state index contributed by atoms with van der Waals surface area (Å²) in [5.41, 5.74) is 0.536. The van der Waals surface area contributed by atoms with Gasteiger partial charge in [-0.25, -0.2) is 4.39 Å². The van der Waals surface area contributed by atoms with E-state index in [1.807, 2.05) is 0 Å². The predicted octanol–water partition coefficient (Wildman–Crippen LogP) is 3.42. The standard InChI is InChI=1S/C14H19FO2/c15-13-9-5-6-11(10-16)14(13)17-12-7-3-1-2-4-8-12/h5-6,9,12,16H,1-4,7-8,10H2. The number of rotatable bonds is 3. The lowest BCUT2D eigenvalue weighted by Crippen LogP contribution is -2.17. The van der Waals surface area contributed by atoms with Gasteiger partial charge in [-0.3, -0.25) is 0 Å². The quantitative estimate of drug-likeness (QED) is 0.818. The Morgan fingerprint density at radius 2 is 1.88 bits per heavy atom. The first-order chi connectivity index (χ1) is 8.31. The molecule has 1 fully saturated rings. The van der Waals surface area contributed by atoms with Crippen LogP contribution in [-0.4, -0.2) is 11.2 Å². The van der Waals surface area contributed by atoms with Crippen molar-refractivity contribution in [1.82, 2.24) is 0 Å². The molecule has 0 aliphatic heterocycles. The van der Waals surface area contributed by atoms with E-state index in [9.17, 15) is 9.50 Å². The molecule has 0 heterocycles. The molecule has 0 amide bonds. The first-order valence-corrected chi connectivity index (χ1v) is 6.36. The molecule has 1 N–H and O–H groups in total. The van der Waals surface area contributed by atoms with E-state index in [4.69, 9.17) is 4.74 Å². The fourth-order valence-corrected chi connectivity index (χ4v) is 2.34. The van der Waals surface area contributed by atoms with E-state index < -0.39 is 0 Å². The van der Waals surface area contributed by atoms with E-state index in [2.05, 4.69) is 0 Å². The van der Waals surface area contributed by atoms with Gasteiger partial charge in [0.2, 0.25) is 0 Å². The maximum absolute atomic E-state index is 13.7. The molecule has 2 nitrogen and oxygen atoms in total. The summed E-state index contributed by atoms with van der Waals surface area (Å²) >= 11 is 0. The number of aliphatic hydroxyl groups excluding tert-OH is 1. The van der Waals surface area contributed by atoms with Crippen LogP contribution in [-0.2, 0) is 6.61 Å². The van der Waals surface area contributed by atoms with Gasteiger partial charge in [-0.05, 0) is 31.7 Å². The minimum absolute atomic E-state index is 0.0969. The van der Waals surface area contributed by atoms with Crippen LogP contribution in [0, 0.1) is 5.82 Å². The Morgan fingerprint density at radius 1 is 1.18 bits per heavy atom. The molecule has 0 bridgehead atoms. The maximum atomic E-state index is 13.7. The van der Waals surface area contributed by atoms with E-state index in [0.717, 1.165) is 25.7 Å². The smallest absolute Gasteiger partial charge is 0.165 e. The van der Waals surface area contributed by atoms with Crippen LogP contribution in [0.3, 0.4) is 0 Å². The molecule has 1 aliphatic carbocycles. The molecular weight excluding hydrogens is 219 g/mol. The molecule has 0 saturated heterocycles. The second kappa shape index (κ2) is 6.01. The van der Waals surface area contributed by atoms with Crippen molar-refractivity contribution >= 4 is 0 Å². The Labute approximate surface area is 101 Å². The number of aliphatic hydroxyl groups is 1. The number of halogens is 1. The van der Waals surface area contributed by atoms with Gasteiger partial charge in [0.05, 0.1) is 12.7 Å². The zero-order valence-electron chi connectivity index (χ0n) is 9.99. The minimum Gasteiger partial charge on any atom is -0.487 e. The summed E-state index contributed by atoms with van der Waals surface area (Å²) in [6.07, 6.45) is 6.84. The SMILES string of the molecule is OCc1cccc(F)c1OC1CCCCCC1. The number of benzene rings is 1. The van der Waals surface area contributed by atoms with Crippen molar-refractivity contribution in [2.45, 2.75) is 51.2 Å². The van der Waals surface area contributed by atoms with E-state index in [0.29, 0.717) is 5.56 Å². The van der Waals surface area contributed by atoms with Crippen molar-refractivity contribution in [1.29, 1.82) is 0 Å². The highest BCUT2D eigenvalue weighted by molar-refractivity contribution is 5.34. The number of hydrogen-bond acceptors (Lipinski definition) is 2. The van der Waals surface area contributed by atoms with Crippen LogP contribution in [0.15, 0.2) is 18.2 Å². The first-order valence-electron chi connectivity index (χ1n) is 6.36. The van der Waals surface area contributed by atoms with Gasteiger partial charge in [-0.2, -0.15) is 0 Å². The van der Waals surface area contributed by atoms with E-state index in [-0.39, 0.29) is 24.3 Å². The van der Waals surface area contributed by atoms with Crippen molar-refractivity contribution in [3.8, 4) is 5.75 Å². The lowest BCUT2D eigenvalue weighted by atomic mass is 10.1. The largest absolute Gasteiger partial charge is 0.487 e. The van der Waals surface area contributed by atoms with Gasteiger partial charge in [-0.15, -0.1) is 0 Å². The van der Waals surface area contributed by atoms with Crippen molar-refractivity contribution in [2.24, 2.45) is 0 Å². The first kappa shape index (κ1) is 12.4. The third-order valence-electron chi connectivity index (χ3n) is 3.31. The molecule has 1 aromatic carbocycles. The zero-order chi connectivity index (χ0) is 12.1. The van der Waals surface area contributed by atoms with Crippen LogP contribution in [0.1, 0.15) is 44.1 Å². The Bertz CT molecular complexity index is 357. The molecule has 1 aromatic rings. The molecule has 2 rings (SSSR count). The van der Waals surface area contributed by atoms with Gasteiger partial charge in [0.1, 0.15) is 0 Å². The van der Waals surface area contributed by atoms with E-state index in [1.165, 1.54) is 18.9 Å². The lowest BCUT2D eigenvalue weighted by molar-refractivity contribution is 0.168. The molecule has 0 spiro atoms. The zero-order valence-corrected chi connectivity index (χ0v) is 9.99. The normalized spacial score (nSPS) is 17.8. The van der Waals surface area contributed by atoms with Crippen LogP contribution >= 0.6 is 0 Å². The molecule has 94 valence electrons. The number of ether oxygens (including phenoxy) is 1. The summed E-state index contributed by atoms with van der Waals surface area (Å²) in [4.78, 5) is 0. The third-order valence-corrected chi connectivity index (χ3v) is 3.31. The molecule has 0 radical (unpaired) electrons. The molecule has 0 aromatic heterocycles. The molecule has 3 heteroatoms. The summed E-state index contributed by atoms with van der Waals surface area (Å²) in [7, 11) is 0. The highest BCUT2D eigenvalue weighted by atomic mass is 19.1. The average molecular weight is 238 g/mol. The highest BCUT2D eigenvalue weighted by Gasteiger charge is 2.17. The Kier molecular flexibility index (Phi) is 4.37. The summed E-state index contributed by atoms with van der Waals surface area (Å²) in [6, 6.07) is 4.68. The van der Waals surface area contributed by atoms with Crippen molar-refractivity contribution in [2.75, 3.05) is 0 Å². The molecule has 17 heavy (non-hydrogen) atoms. The molecule has 1 aliphatic rings. The molecule has 1 saturated carbocycles. The minimum atomic E-state index is -0.374. The van der Waals surface area contributed by atoms with Crippen molar-refractivity contribution in [3.05, 3.63) is 29.6 Å². The van der Waals surface area contributed by atoms with Gasteiger partial charge < -0.3 is 9.84 Å². The van der Waals surface area contributed by atoms with Crippen LogP contribution in [0.2, 0.25) is 0 Å². The van der Waals surface area contributed by atoms with Crippen LogP contribution in [0.5, 0.6) is 5.75 Å². The second-order valence-corrected chi connectivity index (χ2v) is 4.62. The van der Waals surface area contributed by atoms with E-state index >= 15 is 0 Å². The monoisotopic (exact) mass is 238 g/mol. The molecule has 0 unspecified atom stereocenters. The lowest BCUT2D eigenvalue weighted by Gasteiger charge is -2.19. The van der Waals surface area contributed by atoms with Crippen molar-refractivity contribution < 1.29 is 14.2 Å². The summed E-state index contributed by atoms with van der Waals surface area (Å²) in [5.74, 6) is -0.136. The summed E-state index contributed by atoms with van der Waals surface area (Å²) < 4.78 is 19.4. The van der Waals surface area contributed by atoms with Crippen molar-refractivity contribution in [3.63, 3.8) is 0 Å². The topological polar surface area (TPSA) is 29.5 Å². The van der Waals surface area contributed by atoms with Gasteiger partial charge in [-0.1, -0.05) is 25.0 Å². The average Bonchev–Trinajstić information content (AvgIpc) is 2.60. The number of hydrogen-bond donors (Lipinski definition) is 1. The van der Waals surface area contributed by atoms with Crippen LogP contribution in [0.25, 0.3) is 0 Å². The van der Waals surface area contributed by atoms with Gasteiger partial charge in [0.25, 0.3) is 0 Å². The fraction of sp³-hybridized carbons (Fsp3) is 0.571. The predicted molar refractivity (Wildman–Crippen MR) is 64.4 cm³/mol. The molecular formula is C14H19FO2. The number of para-hydroxylation sites is 1. The van der Waals surface area contributed by atoms with Gasteiger partial charge >= 0.3 is 0 Å². The Balaban J connectivity index is 2.11. The van der Waals surface area contributed by atoms with Gasteiger partial charge in [0, 0.05) is 5.56 Å². The van der Waals surface area contributed by atoms with Crippen LogP contribution in [0.4, 0.5) is 4.39 Å². The fourth-order valence-electron chi connectivity index (χ4n) is 2.34.